The zero-order valence-electron chi connectivity index (χ0n) is 11.9. The molecular formula is C12H17ClN2O4S2. The normalized spacial score (nSPS) is 27.7. The molecule has 2 rings (SSSR count). The molecule has 1 aromatic rings. The van der Waals surface area contributed by atoms with Gasteiger partial charge in [0.25, 0.3) is 15.7 Å². The minimum atomic E-state index is -3.75. The lowest BCUT2D eigenvalue weighted by Crippen LogP contribution is -2.48. The van der Waals surface area contributed by atoms with Crippen molar-refractivity contribution in [1.82, 2.24) is 4.31 Å². The number of piperidine rings is 1. The summed E-state index contributed by atoms with van der Waals surface area (Å²) in [5.41, 5.74) is -0.356. The van der Waals surface area contributed by atoms with Crippen LogP contribution in [0.1, 0.15) is 27.2 Å². The van der Waals surface area contributed by atoms with Crippen LogP contribution in [0.4, 0.5) is 5.69 Å². The molecule has 0 radical (unpaired) electrons. The Labute approximate surface area is 132 Å². The third-order valence-corrected chi connectivity index (χ3v) is 7.69. The van der Waals surface area contributed by atoms with Crippen molar-refractivity contribution in [2.75, 3.05) is 6.54 Å². The number of thiophene rings is 1. The fraction of sp³-hybridized carbons (Fsp3) is 0.667. The second-order valence-corrected chi connectivity index (χ2v) is 9.39. The van der Waals surface area contributed by atoms with Gasteiger partial charge in [0.05, 0.1) is 4.92 Å². The predicted octanol–water partition coefficient (Wildman–Crippen LogP) is 3.36. The van der Waals surface area contributed by atoms with Crippen LogP contribution in [-0.4, -0.2) is 30.2 Å². The highest BCUT2D eigenvalue weighted by atomic mass is 35.5. The van der Waals surface area contributed by atoms with Gasteiger partial charge in [0.2, 0.25) is 0 Å². The van der Waals surface area contributed by atoms with Crippen molar-refractivity contribution in [3.05, 3.63) is 20.5 Å². The molecule has 0 amide bonds. The van der Waals surface area contributed by atoms with E-state index in [1.807, 2.05) is 20.8 Å². The highest BCUT2D eigenvalue weighted by molar-refractivity contribution is 7.91. The van der Waals surface area contributed by atoms with Crippen molar-refractivity contribution in [3.8, 4) is 0 Å². The first kappa shape index (κ1) is 16.7. The maximum atomic E-state index is 12.7. The van der Waals surface area contributed by atoms with Gasteiger partial charge in [-0.2, -0.15) is 4.31 Å². The molecule has 1 aliphatic rings. The first-order chi connectivity index (χ1) is 9.64. The quantitative estimate of drug-likeness (QED) is 0.617. The summed E-state index contributed by atoms with van der Waals surface area (Å²) in [6.07, 6.45) is 0.971. The van der Waals surface area contributed by atoms with Gasteiger partial charge in [-0.25, -0.2) is 8.42 Å². The average Bonchev–Trinajstić information content (AvgIpc) is 2.76. The average molecular weight is 353 g/mol. The number of halogens is 1. The molecule has 1 saturated heterocycles. The van der Waals surface area contributed by atoms with E-state index in [0.29, 0.717) is 6.54 Å². The molecule has 0 aliphatic carbocycles. The second kappa shape index (κ2) is 5.83. The summed E-state index contributed by atoms with van der Waals surface area (Å²) in [5, 5.41) is 10.8. The molecule has 9 heteroatoms. The number of nitro groups is 1. The Kier molecular flexibility index (Phi) is 4.63. The van der Waals surface area contributed by atoms with Gasteiger partial charge in [-0.15, -0.1) is 11.3 Å². The van der Waals surface area contributed by atoms with E-state index in [2.05, 4.69) is 0 Å². The first-order valence-corrected chi connectivity index (χ1v) is 9.23. The molecule has 2 heterocycles. The second-order valence-electron chi connectivity index (χ2n) is 5.61. The summed E-state index contributed by atoms with van der Waals surface area (Å²) in [6, 6.07) is 0.921. The fourth-order valence-corrected chi connectivity index (χ4v) is 6.33. The molecule has 0 N–H and O–H groups in total. The summed E-state index contributed by atoms with van der Waals surface area (Å²) in [6.45, 7) is 6.33. The number of hydrogen-bond donors (Lipinski definition) is 0. The van der Waals surface area contributed by atoms with Crippen molar-refractivity contribution in [1.29, 1.82) is 0 Å². The van der Waals surface area contributed by atoms with Crippen LogP contribution in [0.5, 0.6) is 0 Å². The van der Waals surface area contributed by atoms with Gasteiger partial charge < -0.3 is 0 Å². The molecule has 21 heavy (non-hydrogen) atoms. The minimum absolute atomic E-state index is 0.0626. The van der Waals surface area contributed by atoms with Gasteiger partial charge in [-0.3, -0.25) is 10.1 Å². The number of rotatable bonds is 3. The van der Waals surface area contributed by atoms with Gasteiger partial charge in [0.1, 0.15) is 4.21 Å². The molecule has 0 bridgehead atoms. The molecule has 0 saturated carbocycles. The highest BCUT2D eigenvalue weighted by Crippen LogP contribution is 2.39. The minimum Gasteiger partial charge on any atom is -0.258 e. The predicted molar refractivity (Wildman–Crippen MR) is 82.3 cm³/mol. The molecular weight excluding hydrogens is 336 g/mol. The number of hydrogen-bond acceptors (Lipinski definition) is 5. The Hall–Kier alpha value is -0.700. The molecule has 3 unspecified atom stereocenters. The van der Waals surface area contributed by atoms with E-state index in [-0.39, 0.29) is 32.1 Å². The standard InChI is InChI=1S/C12H17ClN2O4S2/c1-7-4-8(2)9(3)14(6-7)21(18,19)11-5-10(15(16)17)12(13)20-11/h5,7-9H,4,6H2,1-3H3. The van der Waals surface area contributed by atoms with Gasteiger partial charge in [0, 0.05) is 18.7 Å². The van der Waals surface area contributed by atoms with Crippen molar-refractivity contribution < 1.29 is 13.3 Å². The van der Waals surface area contributed by atoms with Crippen LogP contribution in [0.25, 0.3) is 0 Å². The molecule has 0 spiro atoms. The van der Waals surface area contributed by atoms with Crippen LogP contribution in [0, 0.1) is 22.0 Å². The molecule has 0 aromatic carbocycles. The zero-order valence-corrected chi connectivity index (χ0v) is 14.3. The molecule has 3 atom stereocenters. The van der Waals surface area contributed by atoms with Gasteiger partial charge in [-0.05, 0) is 25.2 Å². The van der Waals surface area contributed by atoms with Crippen molar-refractivity contribution >= 4 is 38.6 Å². The highest BCUT2D eigenvalue weighted by Gasteiger charge is 2.39. The summed E-state index contributed by atoms with van der Waals surface area (Å²) in [7, 11) is -3.75. The third-order valence-electron chi connectivity index (χ3n) is 3.95. The number of nitrogens with zero attached hydrogens (tertiary/aromatic N) is 2. The summed E-state index contributed by atoms with van der Waals surface area (Å²) < 4.78 is 26.7. The molecule has 118 valence electrons. The van der Waals surface area contributed by atoms with Gasteiger partial charge in [0.15, 0.2) is 4.34 Å². The van der Waals surface area contributed by atoms with Crippen molar-refractivity contribution in [2.45, 2.75) is 37.4 Å². The monoisotopic (exact) mass is 352 g/mol. The maximum absolute atomic E-state index is 12.7. The first-order valence-electron chi connectivity index (χ1n) is 6.60. The van der Waals surface area contributed by atoms with Crippen molar-refractivity contribution in [3.63, 3.8) is 0 Å². The molecule has 1 aliphatic heterocycles. The fourth-order valence-electron chi connectivity index (χ4n) is 2.69. The zero-order chi connectivity index (χ0) is 15.9. The van der Waals surface area contributed by atoms with Crippen LogP contribution in [0.3, 0.4) is 0 Å². The van der Waals surface area contributed by atoms with E-state index < -0.39 is 14.9 Å². The summed E-state index contributed by atoms with van der Waals surface area (Å²) in [5.74, 6) is 0.505. The Morgan fingerprint density at radius 2 is 2.05 bits per heavy atom. The summed E-state index contributed by atoms with van der Waals surface area (Å²) in [4.78, 5) is 10.2. The van der Waals surface area contributed by atoms with Crippen LogP contribution >= 0.6 is 22.9 Å². The maximum Gasteiger partial charge on any atom is 0.300 e. The third kappa shape index (κ3) is 3.08. The SMILES string of the molecule is CC1CC(C)C(C)N(S(=O)(=O)c2cc([N+](=O)[O-])c(Cl)s2)C1. The molecule has 1 fully saturated rings. The van der Waals surface area contributed by atoms with E-state index in [4.69, 9.17) is 11.6 Å². The Morgan fingerprint density at radius 1 is 1.43 bits per heavy atom. The topological polar surface area (TPSA) is 80.5 Å². The lowest BCUT2D eigenvalue weighted by Gasteiger charge is -2.39. The van der Waals surface area contributed by atoms with E-state index in [1.165, 1.54) is 4.31 Å². The smallest absolute Gasteiger partial charge is 0.258 e. The molecule has 6 nitrogen and oxygen atoms in total. The van der Waals surface area contributed by atoms with Gasteiger partial charge >= 0.3 is 0 Å². The van der Waals surface area contributed by atoms with Crippen LogP contribution in [0.15, 0.2) is 10.3 Å². The number of sulfonamides is 1. The lowest BCUT2D eigenvalue weighted by molar-refractivity contribution is -0.384. The van der Waals surface area contributed by atoms with Crippen LogP contribution in [0.2, 0.25) is 4.34 Å². The van der Waals surface area contributed by atoms with E-state index in [9.17, 15) is 18.5 Å². The Balaban J connectivity index is 2.41. The van der Waals surface area contributed by atoms with Crippen molar-refractivity contribution in [2.24, 2.45) is 11.8 Å². The lowest BCUT2D eigenvalue weighted by atomic mass is 9.88. The molecule has 1 aromatic heterocycles. The van der Waals surface area contributed by atoms with E-state index >= 15 is 0 Å². The van der Waals surface area contributed by atoms with E-state index in [0.717, 1.165) is 23.8 Å². The van der Waals surface area contributed by atoms with Crippen LogP contribution < -0.4 is 0 Å². The van der Waals surface area contributed by atoms with Crippen LogP contribution in [-0.2, 0) is 10.0 Å². The Morgan fingerprint density at radius 3 is 2.57 bits per heavy atom. The summed E-state index contributed by atoms with van der Waals surface area (Å²) >= 11 is 6.51. The Bertz CT molecular complexity index is 658. The van der Waals surface area contributed by atoms with E-state index in [1.54, 1.807) is 0 Å². The largest absolute Gasteiger partial charge is 0.300 e. The van der Waals surface area contributed by atoms with Gasteiger partial charge in [-0.1, -0.05) is 25.4 Å².